The summed E-state index contributed by atoms with van der Waals surface area (Å²) in [7, 11) is 0. The smallest absolute Gasteiger partial charge is 0.156 e. The second kappa shape index (κ2) is 6.35. The molecule has 0 spiro atoms. The first kappa shape index (κ1) is 18.1. The van der Waals surface area contributed by atoms with E-state index in [0.29, 0.717) is 25.2 Å². The minimum Gasteiger partial charge on any atom is -0.385 e. The maximum absolute atomic E-state index is 12.0. The summed E-state index contributed by atoms with van der Waals surface area (Å²) < 4.78 is 0. The van der Waals surface area contributed by atoms with Gasteiger partial charge in [0.25, 0.3) is 0 Å². The lowest BCUT2D eigenvalue weighted by atomic mass is 9.53. The fourth-order valence-corrected chi connectivity index (χ4v) is 4.46. The zero-order chi connectivity index (χ0) is 17.4. The molecule has 128 valence electrons. The van der Waals surface area contributed by atoms with Gasteiger partial charge in [-0.05, 0) is 69.6 Å². The fourth-order valence-electron chi connectivity index (χ4n) is 4.46. The molecule has 2 rings (SSSR count). The number of carbonyl (C=O) groups excluding carboxylic acids is 2. The van der Waals surface area contributed by atoms with E-state index in [1.165, 1.54) is 0 Å². The number of hydrogen-bond acceptors (Lipinski definition) is 3. The summed E-state index contributed by atoms with van der Waals surface area (Å²) in [5.41, 5.74) is 0.561. The third-order valence-electron chi connectivity index (χ3n) is 5.99. The van der Waals surface area contributed by atoms with Crippen LogP contribution in [0, 0.1) is 17.3 Å². The van der Waals surface area contributed by atoms with E-state index in [1.54, 1.807) is 12.2 Å². The zero-order valence-electron chi connectivity index (χ0n) is 15.1. The third kappa shape index (κ3) is 3.50. The van der Waals surface area contributed by atoms with Gasteiger partial charge in [-0.3, -0.25) is 9.59 Å². The van der Waals surface area contributed by atoms with Crippen LogP contribution in [-0.2, 0) is 9.59 Å². The molecule has 0 bridgehead atoms. The van der Waals surface area contributed by atoms with Crippen LogP contribution in [0.4, 0.5) is 0 Å². The molecule has 3 heteroatoms. The van der Waals surface area contributed by atoms with Crippen LogP contribution < -0.4 is 0 Å². The highest BCUT2D eigenvalue weighted by atomic mass is 16.3. The van der Waals surface area contributed by atoms with E-state index in [9.17, 15) is 14.7 Å². The molecular weight excluding hydrogens is 288 g/mol. The maximum Gasteiger partial charge on any atom is 0.156 e. The van der Waals surface area contributed by atoms with Crippen molar-refractivity contribution in [2.45, 2.75) is 72.3 Å². The van der Waals surface area contributed by atoms with Crippen LogP contribution >= 0.6 is 0 Å². The molecule has 4 atom stereocenters. The lowest BCUT2D eigenvalue weighted by Crippen LogP contribution is -2.55. The van der Waals surface area contributed by atoms with Crippen LogP contribution in [-0.4, -0.2) is 22.3 Å². The lowest BCUT2D eigenvalue weighted by Gasteiger charge is -2.54. The van der Waals surface area contributed by atoms with Gasteiger partial charge in [0.2, 0.25) is 0 Å². The Balaban J connectivity index is 2.15. The van der Waals surface area contributed by atoms with E-state index in [0.717, 1.165) is 24.0 Å². The van der Waals surface area contributed by atoms with Crippen molar-refractivity contribution in [1.82, 2.24) is 0 Å². The second-order valence-corrected chi connectivity index (χ2v) is 8.26. The Hall–Kier alpha value is -1.22. The Labute approximate surface area is 139 Å². The first-order valence-electron chi connectivity index (χ1n) is 8.69. The van der Waals surface area contributed by atoms with Crippen LogP contribution in [0.2, 0.25) is 0 Å². The molecule has 0 aromatic carbocycles. The first-order valence-corrected chi connectivity index (χ1v) is 8.69. The Kier molecular flexibility index (Phi) is 5.00. The molecule has 2 aliphatic rings. The van der Waals surface area contributed by atoms with Crippen molar-refractivity contribution in [2.75, 3.05) is 0 Å². The van der Waals surface area contributed by atoms with Crippen molar-refractivity contribution >= 4 is 11.6 Å². The molecule has 2 aliphatic carbocycles. The van der Waals surface area contributed by atoms with Crippen molar-refractivity contribution < 1.29 is 14.7 Å². The topological polar surface area (TPSA) is 54.4 Å². The Morgan fingerprint density at radius 3 is 2.74 bits per heavy atom. The molecule has 23 heavy (non-hydrogen) atoms. The van der Waals surface area contributed by atoms with Crippen LogP contribution in [0.5, 0.6) is 0 Å². The molecule has 0 heterocycles. The number of rotatable bonds is 4. The average molecular weight is 318 g/mol. The van der Waals surface area contributed by atoms with Crippen LogP contribution in [0.15, 0.2) is 23.3 Å². The third-order valence-corrected chi connectivity index (χ3v) is 5.99. The van der Waals surface area contributed by atoms with E-state index in [4.69, 9.17) is 0 Å². The summed E-state index contributed by atoms with van der Waals surface area (Å²) in [6, 6.07) is 0. The Morgan fingerprint density at radius 1 is 1.48 bits per heavy atom. The van der Waals surface area contributed by atoms with Crippen LogP contribution in [0.25, 0.3) is 0 Å². The van der Waals surface area contributed by atoms with Crippen molar-refractivity contribution in [3.63, 3.8) is 0 Å². The van der Waals surface area contributed by atoms with Gasteiger partial charge in [-0.2, -0.15) is 0 Å². The number of fused-ring (bicyclic) bond motifs is 1. The van der Waals surface area contributed by atoms with E-state index in [2.05, 4.69) is 6.92 Å². The maximum atomic E-state index is 12.0. The quantitative estimate of drug-likeness (QED) is 0.797. The first-order chi connectivity index (χ1) is 10.6. The van der Waals surface area contributed by atoms with Gasteiger partial charge in [0.15, 0.2) is 11.6 Å². The van der Waals surface area contributed by atoms with Gasteiger partial charge in [0.05, 0.1) is 5.60 Å². The highest BCUT2D eigenvalue weighted by molar-refractivity contribution is 5.92. The predicted octanol–water partition coefficient (Wildman–Crippen LogP) is 4.00. The summed E-state index contributed by atoms with van der Waals surface area (Å²) in [6.07, 6.45) is 6.76. The minimum atomic E-state index is -0.905. The highest BCUT2D eigenvalue weighted by Gasteiger charge is 2.55. The fraction of sp³-hybridized carbons (Fsp3) is 0.700. The van der Waals surface area contributed by atoms with E-state index in [-0.39, 0.29) is 22.9 Å². The van der Waals surface area contributed by atoms with Crippen molar-refractivity contribution in [3.8, 4) is 0 Å². The molecule has 1 fully saturated rings. The zero-order valence-corrected chi connectivity index (χ0v) is 15.1. The van der Waals surface area contributed by atoms with Crippen LogP contribution in [0.3, 0.4) is 0 Å². The molecular formula is C20H30O3. The molecule has 0 radical (unpaired) electrons. The largest absolute Gasteiger partial charge is 0.385 e. The predicted molar refractivity (Wildman–Crippen MR) is 92.0 cm³/mol. The Bertz CT molecular complexity index is 567. The summed E-state index contributed by atoms with van der Waals surface area (Å²) in [4.78, 5) is 23.9. The van der Waals surface area contributed by atoms with E-state index >= 15 is 0 Å². The van der Waals surface area contributed by atoms with Crippen molar-refractivity contribution in [1.29, 1.82) is 0 Å². The normalized spacial score (nSPS) is 35.1. The van der Waals surface area contributed by atoms with E-state index < -0.39 is 5.60 Å². The van der Waals surface area contributed by atoms with Gasteiger partial charge in [-0.25, -0.2) is 0 Å². The Morgan fingerprint density at radius 2 is 2.13 bits per heavy atom. The number of carbonyl (C=O) groups is 2. The molecule has 1 N–H and O–H groups in total. The summed E-state index contributed by atoms with van der Waals surface area (Å²) in [6.45, 7) is 9.89. The second-order valence-electron chi connectivity index (χ2n) is 8.26. The number of hydrogen-bond donors (Lipinski definition) is 1. The van der Waals surface area contributed by atoms with Gasteiger partial charge < -0.3 is 5.11 Å². The number of ketones is 2. The molecule has 0 saturated heterocycles. The molecule has 0 aromatic rings. The summed E-state index contributed by atoms with van der Waals surface area (Å²) in [5, 5.41) is 11.3. The molecule has 3 nitrogen and oxygen atoms in total. The van der Waals surface area contributed by atoms with Gasteiger partial charge in [0, 0.05) is 18.3 Å². The van der Waals surface area contributed by atoms with Crippen molar-refractivity contribution in [2.24, 2.45) is 17.3 Å². The molecule has 0 aliphatic heterocycles. The standard InChI is InChI=1S/C20H30O3/c1-13(2)8-17(21)9-14(3)16-6-7-19(5)12-18(22)10-15(4)20(19,23)11-16/h8,10,14,16,23H,6-7,9,11-12H2,1-5H3. The SMILES string of the molecule is CC(C)=CC(=O)CC(C)C1CCC2(C)CC(=O)C=C(C)C2(O)C1. The molecule has 0 amide bonds. The van der Waals surface area contributed by atoms with Crippen molar-refractivity contribution in [3.05, 3.63) is 23.3 Å². The number of allylic oxidation sites excluding steroid dienone is 3. The summed E-state index contributed by atoms with van der Waals surface area (Å²) in [5.74, 6) is 0.861. The van der Waals surface area contributed by atoms with Gasteiger partial charge in [0.1, 0.15) is 0 Å². The average Bonchev–Trinajstić information content (AvgIpc) is 2.39. The summed E-state index contributed by atoms with van der Waals surface area (Å²) >= 11 is 0. The van der Waals surface area contributed by atoms with Gasteiger partial charge >= 0.3 is 0 Å². The van der Waals surface area contributed by atoms with Crippen LogP contribution in [0.1, 0.15) is 66.7 Å². The highest BCUT2D eigenvalue weighted by Crippen LogP contribution is 2.55. The number of aliphatic hydroxyl groups is 1. The molecule has 1 saturated carbocycles. The monoisotopic (exact) mass is 318 g/mol. The van der Waals surface area contributed by atoms with Gasteiger partial charge in [-0.1, -0.05) is 19.4 Å². The lowest BCUT2D eigenvalue weighted by molar-refractivity contribution is -0.137. The molecule has 4 unspecified atom stereocenters. The molecule has 0 aromatic heterocycles. The minimum absolute atomic E-state index is 0.125. The van der Waals surface area contributed by atoms with Gasteiger partial charge in [-0.15, -0.1) is 0 Å². The van der Waals surface area contributed by atoms with E-state index in [1.807, 2.05) is 27.7 Å².